The van der Waals surface area contributed by atoms with E-state index in [1.807, 2.05) is 42.6 Å². The molecule has 1 saturated carbocycles. The van der Waals surface area contributed by atoms with Crippen molar-refractivity contribution < 1.29 is 4.74 Å². The summed E-state index contributed by atoms with van der Waals surface area (Å²) in [6.07, 6.45) is 3.08. The molecule has 0 aliphatic heterocycles. The minimum atomic E-state index is 0.0228. The Morgan fingerprint density at radius 2 is 2.00 bits per heavy atom. The summed E-state index contributed by atoms with van der Waals surface area (Å²) in [4.78, 5) is 12.0. The van der Waals surface area contributed by atoms with Crippen molar-refractivity contribution in [1.82, 2.24) is 4.57 Å². The predicted molar refractivity (Wildman–Crippen MR) is 78.7 cm³/mol. The summed E-state index contributed by atoms with van der Waals surface area (Å²) in [7, 11) is 0. The highest BCUT2D eigenvalue weighted by atomic mass is 16.5. The quantitative estimate of drug-likeness (QED) is 0.835. The Balaban J connectivity index is 1.63. The second-order valence-electron chi connectivity index (χ2n) is 5.60. The molecule has 1 aromatic carbocycles. The monoisotopic (exact) mass is 269 g/mol. The van der Waals surface area contributed by atoms with E-state index in [0.717, 1.165) is 18.0 Å². The van der Waals surface area contributed by atoms with Gasteiger partial charge in [-0.1, -0.05) is 37.3 Å². The van der Waals surface area contributed by atoms with E-state index >= 15 is 0 Å². The van der Waals surface area contributed by atoms with E-state index in [2.05, 4.69) is 6.92 Å². The van der Waals surface area contributed by atoms with Gasteiger partial charge >= 0.3 is 0 Å². The Hall–Kier alpha value is -2.03. The van der Waals surface area contributed by atoms with Crippen LogP contribution in [0.4, 0.5) is 0 Å². The topological polar surface area (TPSA) is 31.2 Å². The number of hydrogen-bond acceptors (Lipinski definition) is 2. The second kappa shape index (κ2) is 5.53. The Labute approximate surface area is 118 Å². The molecule has 3 heteroatoms. The minimum absolute atomic E-state index is 0.0228. The zero-order valence-electron chi connectivity index (χ0n) is 11.7. The average molecular weight is 269 g/mol. The van der Waals surface area contributed by atoms with Crippen molar-refractivity contribution in [3.8, 4) is 5.75 Å². The molecular formula is C17H19NO2. The van der Waals surface area contributed by atoms with E-state index in [0.29, 0.717) is 18.3 Å². The Morgan fingerprint density at radius 3 is 2.65 bits per heavy atom. The highest BCUT2D eigenvalue weighted by molar-refractivity contribution is 5.20. The van der Waals surface area contributed by atoms with E-state index in [-0.39, 0.29) is 5.56 Å². The number of nitrogens with zero attached hydrogens (tertiary/aromatic N) is 1. The summed E-state index contributed by atoms with van der Waals surface area (Å²) in [5, 5.41) is 0. The molecule has 1 heterocycles. The molecular weight excluding hydrogens is 250 g/mol. The maximum atomic E-state index is 12.0. The third kappa shape index (κ3) is 3.10. The third-order valence-electron chi connectivity index (χ3n) is 3.92. The Morgan fingerprint density at radius 1 is 1.25 bits per heavy atom. The first-order valence-electron chi connectivity index (χ1n) is 7.09. The van der Waals surface area contributed by atoms with Crippen molar-refractivity contribution in [2.75, 3.05) is 0 Å². The van der Waals surface area contributed by atoms with Crippen LogP contribution in [0, 0.1) is 11.8 Å². The number of ether oxygens (including phenoxy) is 1. The zero-order chi connectivity index (χ0) is 13.9. The van der Waals surface area contributed by atoms with Crippen molar-refractivity contribution in [3.63, 3.8) is 0 Å². The van der Waals surface area contributed by atoms with Crippen LogP contribution in [0.2, 0.25) is 0 Å². The fourth-order valence-corrected chi connectivity index (χ4v) is 2.38. The smallest absolute Gasteiger partial charge is 0.254 e. The van der Waals surface area contributed by atoms with E-state index < -0.39 is 0 Å². The molecule has 1 aliphatic carbocycles. The van der Waals surface area contributed by atoms with Crippen LogP contribution < -0.4 is 10.3 Å². The molecule has 1 aromatic heterocycles. The molecule has 0 bridgehead atoms. The lowest BCUT2D eigenvalue weighted by atomic mass is 10.2. The lowest BCUT2D eigenvalue weighted by Crippen LogP contribution is -2.19. The fourth-order valence-electron chi connectivity index (χ4n) is 2.38. The van der Waals surface area contributed by atoms with Gasteiger partial charge in [-0.15, -0.1) is 0 Å². The molecule has 3 nitrogen and oxygen atoms in total. The maximum Gasteiger partial charge on any atom is 0.254 e. The van der Waals surface area contributed by atoms with Crippen LogP contribution in [0.3, 0.4) is 0 Å². The first-order chi connectivity index (χ1) is 9.72. The van der Waals surface area contributed by atoms with Gasteiger partial charge in [-0.05, 0) is 29.9 Å². The number of rotatable bonds is 5. The number of pyridine rings is 1. The van der Waals surface area contributed by atoms with Crippen LogP contribution in [0.5, 0.6) is 5.75 Å². The second-order valence-corrected chi connectivity index (χ2v) is 5.60. The summed E-state index contributed by atoms with van der Waals surface area (Å²) in [5.74, 6) is 2.07. The van der Waals surface area contributed by atoms with E-state index in [4.69, 9.17) is 4.74 Å². The highest BCUT2D eigenvalue weighted by Gasteiger charge is 2.32. The normalized spacial score (nSPS) is 20.6. The van der Waals surface area contributed by atoms with Crippen LogP contribution >= 0.6 is 0 Å². The molecule has 1 aliphatic rings. The summed E-state index contributed by atoms with van der Waals surface area (Å²) < 4.78 is 7.44. The summed E-state index contributed by atoms with van der Waals surface area (Å²) in [5.41, 5.74) is 1.12. The first kappa shape index (κ1) is 13.0. The number of aromatic nitrogens is 1. The van der Waals surface area contributed by atoms with Crippen LogP contribution in [-0.4, -0.2) is 4.57 Å². The minimum Gasteiger partial charge on any atom is -0.489 e. The van der Waals surface area contributed by atoms with Crippen molar-refractivity contribution >= 4 is 0 Å². The van der Waals surface area contributed by atoms with Crippen LogP contribution in [0.25, 0.3) is 0 Å². The van der Waals surface area contributed by atoms with Gasteiger partial charge < -0.3 is 9.30 Å². The lowest BCUT2D eigenvalue weighted by molar-refractivity contribution is 0.304. The van der Waals surface area contributed by atoms with Gasteiger partial charge in [0.15, 0.2) is 0 Å². The van der Waals surface area contributed by atoms with E-state index in [9.17, 15) is 4.79 Å². The van der Waals surface area contributed by atoms with Crippen LogP contribution in [-0.2, 0) is 13.2 Å². The molecule has 3 rings (SSSR count). The molecule has 0 saturated heterocycles. The van der Waals surface area contributed by atoms with Crippen molar-refractivity contribution in [2.24, 2.45) is 11.8 Å². The number of hydrogen-bond donors (Lipinski definition) is 0. The van der Waals surface area contributed by atoms with Gasteiger partial charge in [0, 0.05) is 18.8 Å². The maximum absolute atomic E-state index is 12.0. The van der Waals surface area contributed by atoms with E-state index in [1.165, 1.54) is 6.42 Å². The van der Waals surface area contributed by atoms with Gasteiger partial charge in [0.25, 0.3) is 5.56 Å². The fraction of sp³-hybridized carbons (Fsp3) is 0.353. The summed E-state index contributed by atoms with van der Waals surface area (Å²) in [6, 6.07) is 13.4. The van der Waals surface area contributed by atoms with Crippen molar-refractivity contribution in [2.45, 2.75) is 26.5 Å². The summed E-state index contributed by atoms with van der Waals surface area (Å²) >= 11 is 0. The molecule has 0 radical (unpaired) electrons. The van der Waals surface area contributed by atoms with Crippen LogP contribution in [0.15, 0.2) is 53.5 Å². The van der Waals surface area contributed by atoms with E-state index in [1.54, 1.807) is 10.6 Å². The number of benzene rings is 1. The Bertz CT molecular complexity index is 633. The molecule has 20 heavy (non-hydrogen) atoms. The van der Waals surface area contributed by atoms with Gasteiger partial charge in [-0.25, -0.2) is 0 Å². The molecule has 2 unspecified atom stereocenters. The van der Waals surface area contributed by atoms with Gasteiger partial charge in [0.1, 0.15) is 12.4 Å². The summed E-state index contributed by atoms with van der Waals surface area (Å²) in [6.45, 7) is 3.55. The first-order valence-corrected chi connectivity index (χ1v) is 7.09. The molecule has 0 N–H and O–H groups in total. The molecule has 0 amide bonds. The largest absolute Gasteiger partial charge is 0.489 e. The van der Waals surface area contributed by atoms with Crippen molar-refractivity contribution in [3.05, 3.63) is 64.6 Å². The zero-order valence-corrected chi connectivity index (χ0v) is 11.7. The van der Waals surface area contributed by atoms with Gasteiger partial charge in [-0.2, -0.15) is 0 Å². The third-order valence-corrected chi connectivity index (χ3v) is 3.92. The molecule has 104 valence electrons. The average Bonchev–Trinajstić information content (AvgIpc) is 3.16. The molecule has 2 aromatic rings. The molecule has 0 spiro atoms. The Kier molecular flexibility index (Phi) is 3.59. The van der Waals surface area contributed by atoms with Gasteiger partial charge in [0.05, 0.1) is 0 Å². The van der Waals surface area contributed by atoms with Gasteiger partial charge in [0.2, 0.25) is 0 Å². The highest BCUT2D eigenvalue weighted by Crippen LogP contribution is 2.38. The van der Waals surface area contributed by atoms with Crippen molar-refractivity contribution in [1.29, 1.82) is 0 Å². The predicted octanol–water partition coefficient (Wildman–Crippen LogP) is 3.08. The lowest BCUT2D eigenvalue weighted by Gasteiger charge is -2.08. The molecule has 2 atom stereocenters. The molecule has 1 fully saturated rings. The standard InChI is InChI=1S/C17H19NO2/c1-13-9-15(13)11-18-8-7-16(10-17(18)19)20-12-14-5-3-2-4-6-14/h2-8,10,13,15H,9,11-12H2,1H3. The SMILES string of the molecule is CC1CC1Cn1ccc(OCc2ccccc2)cc1=O. The van der Waals surface area contributed by atoms with Crippen LogP contribution in [0.1, 0.15) is 18.9 Å². The van der Waals surface area contributed by atoms with Gasteiger partial charge in [-0.3, -0.25) is 4.79 Å².